The molecule has 0 radical (unpaired) electrons. The molecule has 0 unspecified atom stereocenters. The van der Waals surface area contributed by atoms with Crippen LogP contribution < -0.4 is 19.9 Å². The van der Waals surface area contributed by atoms with E-state index in [0.717, 1.165) is 16.9 Å². The fourth-order valence-electron chi connectivity index (χ4n) is 3.12. The van der Waals surface area contributed by atoms with Crippen LogP contribution in [0.25, 0.3) is 0 Å². The van der Waals surface area contributed by atoms with Crippen LogP contribution >= 0.6 is 0 Å². The predicted molar refractivity (Wildman–Crippen MR) is 93.8 cm³/mol. The number of rotatable bonds is 6. The second kappa shape index (κ2) is 7.03. The quantitative estimate of drug-likeness (QED) is 0.814. The van der Waals surface area contributed by atoms with E-state index in [4.69, 9.17) is 19.9 Å². The third kappa shape index (κ3) is 3.13. The first kappa shape index (κ1) is 17.1. The predicted octanol–water partition coefficient (Wildman–Crippen LogP) is 2.12. The highest BCUT2D eigenvalue weighted by atomic mass is 16.5. The molecule has 1 aliphatic heterocycles. The van der Waals surface area contributed by atoms with Gasteiger partial charge in [0, 0.05) is 6.54 Å². The van der Waals surface area contributed by atoms with Crippen LogP contribution in [0.2, 0.25) is 0 Å². The number of hydrogen-bond acceptors (Lipinski definition) is 5. The molecule has 1 heterocycles. The molecule has 2 atom stereocenters. The lowest BCUT2D eigenvalue weighted by molar-refractivity contribution is -0.150. The van der Waals surface area contributed by atoms with E-state index < -0.39 is 6.04 Å². The van der Waals surface area contributed by atoms with Gasteiger partial charge in [0.05, 0.1) is 27.4 Å². The Hall–Kier alpha value is -2.73. The molecule has 1 aliphatic rings. The minimum atomic E-state index is -0.520. The molecule has 6 nitrogen and oxygen atoms in total. The summed E-state index contributed by atoms with van der Waals surface area (Å²) in [7, 11) is 4.80. The van der Waals surface area contributed by atoms with E-state index in [0.29, 0.717) is 18.0 Å². The first-order valence-electron chi connectivity index (χ1n) is 8.00. The maximum atomic E-state index is 12.3. The van der Waals surface area contributed by atoms with Gasteiger partial charge in [0.15, 0.2) is 11.5 Å². The Morgan fingerprint density at radius 1 is 0.960 bits per heavy atom. The third-order valence-electron chi connectivity index (χ3n) is 4.50. The second-order valence-electron chi connectivity index (χ2n) is 5.90. The monoisotopic (exact) mass is 342 g/mol. The summed E-state index contributed by atoms with van der Waals surface area (Å²) in [6.45, 7) is 0.462. The van der Waals surface area contributed by atoms with Crippen LogP contribution in [0.5, 0.6) is 17.2 Å². The van der Waals surface area contributed by atoms with Crippen molar-refractivity contribution in [2.45, 2.75) is 18.6 Å². The fraction of sp³-hybridized carbons (Fsp3) is 0.316. The summed E-state index contributed by atoms with van der Waals surface area (Å²) >= 11 is 0. The lowest BCUT2D eigenvalue weighted by Crippen LogP contribution is -2.62. The van der Waals surface area contributed by atoms with Crippen molar-refractivity contribution in [3.63, 3.8) is 0 Å². The molecule has 0 bridgehead atoms. The average Bonchev–Trinajstić information content (AvgIpc) is 2.67. The summed E-state index contributed by atoms with van der Waals surface area (Å²) in [5, 5.41) is 0. The van der Waals surface area contributed by atoms with Gasteiger partial charge in [-0.3, -0.25) is 4.79 Å². The number of nitrogens with two attached hydrogens (primary N) is 1. The zero-order valence-electron chi connectivity index (χ0n) is 14.6. The van der Waals surface area contributed by atoms with Gasteiger partial charge in [0.1, 0.15) is 11.8 Å². The zero-order chi connectivity index (χ0) is 18.0. The number of amides is 1. The fourth-order valence-corrected chi connectivity index (χ4v) is 3.12. The van der Waals surface area contributed by atoms with Gasteiger partial charge in [-0.2, -0.15) is 0 Å². The normalized spacial score (nSPS) is 19.4. The molecule has 1 amide bonds. The topological polar surface area (TPSA) is 74.0 Å². The van der Waals surface area contributed by atoms with Gasteiger partial charge >= 0.3 is 0 Å². The number of likely N-dealkylation sites (tertiary alicyclic amines) is 1. The maximum absolute atomic E-state index is 12.3. The molecule has 1 fully saturated rings. The molecule has 132 valence electrons. The van der Waals surface area contributed by atoms with Crippen LogP contribution in [0.4, 0.5) is 0 Å². The molecule has 0 aliphatic carbocycles. The molecule has 3 rings (SSSR count). The molecule has 0 aromatic heterocycles. The van der Waals surface area contributed by atoms with Crippen LogP contribution in [0, 0.1) is 0 Å². The third-order valence-corrected chi connectivity index (χ3v) is 4.50. The Morgan fingerprint density at radius 2 is 1.64 bits per heavy atom. The largest absolute Gasteiger partial charge is 0.497 e. The minimum Gasteiger partial charge on any atom is -0.497 e. The van der Waals surface area contributed by atoms with Crippen molar-refractivity contribution in [1.29, 1.82) is 0 Å². The van der Waals surface area contributed by atoms with Gasteiger partial charge in [-0.15, -0.1) is 0 Å². The highest BCUT2D eigenvalue weighted by Crippen LogP contribution is 2.37. The van der Waals surface area contributed by atoms with Crippen molar-refractivity contribution in [1.82, 2.24) is 4.90 Å². The lowest BCUT2D eigenvalue weighted by Gasteiger charge is -2.45. The summed E-state index contributed by atoms with van der Waals surface area (Å²) in [5.41, 5.74) is 8.00. The molecule has 0 spiro atoms. The van der Waals surface area contributed by atoms with E-state index in [1.165, 1.54) is 0 Å². The highest BCUT2D eigenvalue weighted by molar-refractivity contribution is 5.89. The van der Waals surface area contributed by atoms with Crippen molar-refractivity contribution < 1.29 is 19.0 Å². The van der Waals surface area contributed by atoms with Gasteiger partial charge in [-0.05, 0) is 35.4 Å². The number of benzene rings is 2. The SMILES string of the molecule is COc1ccc([C@H]2[C@H](N)C(=O)N2Cc2ccc(OC)c(OC)c2)cc1. The number of carbonyl (C=O) groups excluding carboxylic acids is 1. The van der Waals surface area contributed by atoms with Crippen molar-refractivity contribution in [3.05, 3.63) is 53.6 Å². The Bertz CT molecular complexity index is 761. The first-order chi connectivity index (χ1) is 12.1. The van der Waals surface area contributed by atoms with Crippen molar-refractivity contribution in [3.8, 4) is 17.2 Å². The number of ether oxygens (including phenoxy) is 3. The number of hydrogen-bond donors (Lipinski definition) is 1. The van der Waals surface area contributed by atoms with Crippen LogP contribution in [-0.2, 0) is 11.3 Å². The Kier molecular flexibility index (Phi) is 4.81. The number of carbonyl (C=O) groups is 1. The standard InChI is InChI=1S/C19H22N2O4/c1-23-14-7-5-13(6-8-14)18-17(20)19(22)21(18)11-12-4-9-15(24-2)16(10-12)25-3/h4-10,17-18H,11,20H2,1-3H3/t17-,18-/m0/s1. The van der Waals surface area contributed by atoms with E-state index in [1.807, 2.05) is 42.5 Å². The average molecular weight is 342 g/mol. The minimum absolute atomic E-state index is 0.0596. The second-order valence-corrected chi connectivity index (χ2v) is 5.90. The van der Waals surface area contributed by atoms with Crippen LogP contribution in [0.3, 0.4) is 0 Å². The Labute approximate surface area is 147 Å². The van der Waals surface area contributed by atoms with E-state index in [-0.39, 0.29) is 11.9 Å². The summed E-state index contributed by atoms with van der Waals surface area (Å²) in [6, 6.07) is 12.6. The lowest BCUT2D eigenvalue weighted by atomic mass is 9.88. The molecular weight excluding hydrogens is 320 g/mol. The Balaban J connectivity index is 1.81. The molecule has 2 aromatic carbocycles. The van der Waals surface area contributed by atoms with Gasteiger partial charge in [0.2, 0.25) is 5.91 Å². The van der Waals surface area contributed by atoms with Crippen LogP contribution in [-0.4, -0.2) is 38.2 Å². The van der Waals surface area contributed by atoms with E-state index >= 15 is 0 Å². The van der Waals surface area contributed by atoms with Gasteiger partial charge in [-0.1, -0.05) is 18.2 Å². The number of nitrogens with zero attached hydrogens (tertiary/aromatic N) is 1. The smallest absolute Gasteiger partial charge is 0.242 e. The summed E-state index contributed by atoms with van der Waals surface area (Å²) < 4.78 is 15.8. The Morgan fingerprint density at radius 3 is 2.24 bits per heavy atom. The van der Waals surface area contributed by atoms with Gasteiger partial charge < -0.3 is 24.8 Å². The maximum Gasteiger partial charge on any atom is 0.242 e. The molecule has 2 N–H and O–H groups in total. The van der Waals surface area contributed by atoms with Gasteiger partial charge in [0.25, 0.3) is 0 Å². The summed E-state index contributed by atoms with van der Waals surface area (Å²) in [5.74, 6) is 2.01. The molecule has 1 saturated heterocycles. The highest BCUT2D eigenvalue weighted by Gasteiger charge is 2.45. The van der Waals surface area contributed by atoms with Crippen molar-refractivity contribution in [2.75, 3.05) is 21.3 Å². The number of β-lactam (4-membered cyclic amide) rings is 1. The van der Waals surface area contributed by atoms with Crippen molar-refractivity contribution >= 4 is 5.91 Å². The van der Waals surface area contributed by atoms with Crippen molar-refractivity contribution in [2.24, 2.45) is 5.73 Å². The zero-order valence-corrected chi connectivity index (χ0v) is 14.6. The number of methoxy groups -OCH3 is 3. The van der Waals surface area contributed by atoms with E-state index in [2.05, 4.69) is 0 Å². The van der Waals surface area contributed by atoms with E-state index in [9.17, 15) is 4.79 Å². The van der Waals surface area contributed by atoms with Crippen LogP contribution in [0.15, 0.2) is 42.5 Å². The molecule has 2 aromatic rings. The van der Waals surface area contributed by atoms with Crippen LogP contribution in [0.1, 0.15) is 17.2 Å². The molecular formula is C19H22N2O4. The summed E-state index contributed by atoms with van der Waals surface area (Å²) in [4.78, 5) is 14.0. The molecule has 25 heavy (non-hydrogen) atoms. The van der Waals surface area contributed by atoms with E-state index in [1.54, 1.807) is 26.2 Å². The summed E-state index contributed by atoms with van der Waals surface area (Å²) in [6.07, 6.45) is 0. The van der Waals surface area contributed by atoms with Gasteiger partial charge in [-0.25, -0.2) is 0 Å². The molecule has 6 heteroatoms. The first-order valence-corrected chi connectivity index (χ1v) is 8.00. The molecule has 0 saturated carbocycles.